The highest BCUT2D eigenvalue weighted by Gasteiger charge is 2.20. The van der Waals surface area contributed by atoms with Gasteiger partial charge in [-0.2, -0.15) is 0 Å². The van der Waals surface area contributed by atoms with Gasteiger partial charge in [-0.05, 0) is 97.0 Å². The number of oxazole rings is 1. The van der Waals surface area contributed by atoms with Crippen molar-refractivity contribution in [2.24, 2.45) is 0 Å². The summed E-state index contributed by atoms with van der Waals surface area (Å²) >= 11 is 0. The summed E-state index contributed by atoms with van der Waals surface area (Å²) in [6.07, 6.45) is 0. The molecule has 0 saturated carbocycles. The van der Waals surface area contributed by atoms with Gasteiger partial charge in [0, 0.05) is 5.56 Å². The first-order chi connectivity index (χ1) is 19.1. The van der Waals surface area contributed by atoms with E-state index in [2.05, 4.69) is 42.5 Å². The molecule has 0 radical (unpaired) electrons. The summed E-state index contributed by atoms with van der Waals surface area (Å²) in [6, 6.07) is 35.8. The summed E-state index contributed by atoms with van der Waals surface area (Å²) < 4.78 is 33.9. The van der Waals surface area contributed by atoms with Gasteiger partial charge >= 0.3 is 0 Å². The second kappa shape index (κ2) is 8.20. The minimum absolute atomic E-state index is 0.261. The Labute approximate surface area is 222 Å². The molecule has 0 atom stereocenters. The van der Waals surface area contributed by atoms with Crippen molar-refractivity contribution in [3.63, 3.8) is 0 Å². The molecule has 8 rings (SSSR count). The third-order valence-electron chi connectivity index (χ3n) is 7.62. The third kappa shape index (κ3) is 3.35. The van der Waals surface area contributed by atoms with Crippen LogP contribution in [0.25, 0.3) is 77.1 Å². The Morgan fingerprint density at radius 2 is 1.10 bits per heavy atom. The lowest BCUT2D eigenvalue weighted by atomic mass is 9.85. The molecular formula is C35H19F2NO. The first kappa shape index (κ1) is 21.9. The Morgan fingerprint density at radius 3 is 1.82 bits per heavy atom. The molecule has 0 bridgehead atoms. The number of halogens is 2. The van der Waals surface area contributed by atoms with Crippen LogP contribution >= 0.6 is 0 Å². The molecule has 1 heterocycles. The van der Waals surface area contributed by atoms with E-state index in [1.54, 1.807) is 12.1 Å². The molecule has 2 nitrogen and oxygen atoms in total. The van der Waals surface area contributed by atoms with E-state index < -0.39 is 0 Å². The lowest BCUT2D eigenvalue weighted by molar-refractivity contribution is 0.620. The highest BCUT2D eigenvalue weighted by Crippen LogP contribution is 2.46. The Bertz CT molecular complexity index is 2140. The van der Waals surface area contributed by atoms with E-state index in [0.29, 0.717) is 5.89 Å². The largest absolute Gasteiger partial charge is 0.436 e. The Morgan fingerprint density at radius 1 is 0.513 bits per heavy atom. The van der Waals surface area contributed by atoms with E-state index in [-0.39, 0.29) is 11.6 Å². The van der Waals surface area contributed by atoms with Crippen molar-refractivity contribution in [1.82, 2.24) is 4.98 Å². The molecule has 0 unspecified atom stereocenters. The molecule has 0 aliphatic carbocycles. The van der Waals surface area contributed by atoms with Crippen molar-refractivity contribution < 1.29 is 13.2 Å². The van der Waals surface area contributed by atoms with E-state index in [1.807, 2.05) is 36.4 Å². The minimum Gasteiger partial charge on any atom is -0.436 e. The highest BCUT2D eigenvalue weighted by molar-refractivity contribution is 6.29. The molecule has 0 aliphatic heterocycles. The monoisotopic (exact) mass is 507 g/mol. The Kier molecular flexibility index (Phi) is 4.62. The van der Waals surface area contributed by atoms with Crippen molar-refractivity contribution in [2.75, 3.05) is 0 Å². The maximum absolute atomic E-state index is 13.9. The molecule has 39 heavy (non-hydrogen) atoms. The summed E-state index contributed by atoms with van der Waals surface area (Å²) in [7, 11) is 0. The molecule has 7 aromatic carbocycles. The van der Waals surface area contributed by atoms with Gasteiger partial charge in [0.2, 0.25) is 5.89 Å². The van der Waals surface area contributed by atoms with Gasteiger partial charge in [-0.3, -0.25) is 0 Å². The third-order valence-corrected chi connectivity index (χ3v) is 7.62. The molecule has 0 amide bonds. The van der Waals surface area contributed by atoms with Crippen LogP contribution in [-0.4, -0.2) is 4.98 Å². The van der Waals surface area contributed by atoms with Crippen molar-refractivity contribution in [3.05, 3.63) is 127 Å². The molecular weight excluding hydrogens is 488 g/mol. The standard InChI is InChI=1S/C35H19F2NO/c36-23-11-5-20(6-12-23)25-15-9-22-10-16-27-29(21-7-13-24(37)14-8-21)19-30(28-18-17-26(25)33(22)34(27)28)35-38-31-3-1-2-4-32(31)39-35/h1-19H. The van der Waals surface area contributed by atoms with Gasteiger partial charge in [-0.25, -0.2) is 13.8 Å². The Balaban J connectivity index is 1.52. The molecule has 0 saturated heterocycles. The van der Waals surface area contributed by atoms with Gasteiger partial charge in [0.05, 0.1) is 0 Å². The quantitative estimate of drug-likeness (QED) is 0.222. The number of nitrogens with zero attached hydrogens (tertiary/aromatic N) is 1. The van der Waals surface area contributed by atoms with Crippen LogP contribution < -0.4 is 0 Å². The van der Waals surface area contributed by atoms with Gasteiger partial charge in [0.1, 0.15) is 17.2 Å². The zero-order valence-electron chi connectivity index (χ0n) is 20.6. The van der Waals surface area contributed by atoms with Gasteiger partial charge < -0.3 is 4.42 Å². The fourth-order valence-corrected chi connectivity index (χ4v) is 5.81. The van der Waals surface area contributed by atoms with E-state index in [1.165, 1.54) is 24.3 Å². The topological polar surface area (TPSA) is 26.0 Å². The first-order valence-corrected chi connectivity index (χ1v) is 12.8. The summed E-state index contributed by atoms with van der Waals surface area (Å²) in [5.74, 6) is -0.000734. The summed E-state index contributed by atoms with van der Waals surface area (Å²) in [5.41, 5.74) is 6.26. The fourth-order valence-electron chi connectivity index (χ4n) is 5.81. The number of benzene rings is 7. The van der Waals surface area contributed by atoms with E-state index >= 15 is 0 Å². The van der Waals surface area contributed by atoms with Crippen LogP contribution in [0.5, 0.6) is 0 Å². The fraction of sp³-hybridized carbons (Fsp3) is 0. The average Bonchev–Trinajstić information content (AvgIpc) is 3.41. The van der Waals surface area contributed by atoms with E-state index in [4.69, 9.17) is 9.40 Å². The van der Waals surface area contributed by atoms with E-state index in [9.17, 15) is 8.78 Å². The maximum Gasteiger partial charge on any atom is 0.227 e. The SMILES string of the molecule is Fc1ccc(-c2ccc3ccc4c(-c5ccc(F)cc5)cc(-c5nc6ccccc6o5)c5ccc2c3c45)cc1. The molecule has 4 heteroatoms. The van der Waals surface area contributed by atoms with Gasteiger partial charge in [-0.15, -0.1) is 0 Å². The van der Waals surface area contributed by atoms with Crippen LogP contribution in [0.1, 0.15) is 0 Å². The number of rotatable bonds is 3. The molecule has 0 fully saturated rings. The molecule has 8 aromatic rings. The second-order valence-corrected chi connectivity index (χ2v) is 9.83. The predicted octanol–water partition coefficient (Wildman–Crippen LogP) is 10.0. The lowest BCUT2D eigenvalue weighted by Gasteiger charge is -2.18. The zero-order chi connectivity index (χ0) is 26.1. The van der Waals surface area contributed by atoms with Crippen molar-refractivity contribution in [3.8, 4) is 33.7 Å². The lowest BCUT2D eigenvalue weighted by Crippen LogP contribution is -1.92. The van der Waals surface area contributed by atoms with Crippen molar-refractivity contribution in [1.29, 1.82) is 0 Å². The van der Waals surface area contributed by atoms with E-state index in [0.717, 1.165) is 71.2 Å². The van der Waals surface area contributed by atoms with Crippen LogP contribution in [0.2, 0.25) is 0 Å². The average molecular weight is 508 g/mol. The predicted molar refractivity (Wildman–Crippen MR) is 154 cm³/mol. The highest BCUT2D eigenvalue weighted by atomic mass is 19.1. The van der Waals surface area contributed by atoms with Gasteiger partial charge in [-0.1, -0.05) is 72.8 Å². The maximum atomic E-state index is 13.9. The second-order valence-electron chi connectivity index (χ2n) is 9.83. The summed E-state index contributed by atoms with van der Waals surface area (Å²) in [5, 5.41) is 6.48. The van der Waals surface area contributed by atoms with Crippen molar-refractivity contribution in [2.45, 2.75) is 0 Å². The number of hydrogen-bond donors (Lipinski definition) is 0. The zero-order valence-corrected chi connectivity index (χ0v) is 20.6. The van der Waals surface area contributed by atoms with Crippen LogP contribution in [0, 0.1) is 11.6 Å². The van der Waals surface area contributed by atoms with Crippen LogP contribution in [-0.2, 0) is 0 Å². The first-order valence-electron chi connectivity index (χ1n) is 12.8. The number of para-hydroxylation sites is 2. The van der Waals surface area contributed by atoms with Gasteiger partial charge in [0.15, 0.2) is 5.58 Å². The molecule has 0 spiro atoms. The minimum atomic E-state index is -0.278. The van der Waals surface area contributed by atoms with Crippen LogP contribution in [0.3, 0.4) is 0 Å². The summed E-state index contributed by atoms with van der Waals surface area (Å²) in [6.45, 7) is 0. The summed E-state index contributed by atoms with van der Waals surface area (Å²) in [4.78, 5) is 4.83. The normalized spacial score (nSPS) is 11.8. The van der Waals surface area contributed by atoms with Crippen LogP contribution in [0.4, 0.5) is 8.78 Å². The molecule has 0 aliphatic rings. The molecule has 0 N–H and O–H groups in total. The number of fused-ring (bicyclic) bond motifs is 1. The number of hydrogen-bond acceptors (Lipinski definition) is 2. The Hall–Kier alpha value is -5.09. The molecule has 1 aromatic heterocycles. The van der Waals surface area contributed by atoms with Crippen LogP contribution in [0.15, 0.2) is 120 Å². The molecule has 184 valence electrons. The number of aromatic nitrogens is 1. The van der Waals surface area contributed by atoms with Crippen molar-refractivity contribution >= 4 is 43.4 Å². The smallest absolute Gasteiger partial charge is 0.227 e. The van der Waals surface area contributed by atoms with Gasteiger partial charge in [0.25, 0.3) is 0 Å².